The fourth-order valence-corrected chi connectivity index (χ4v) is 3.82. The van der Waals surface area contributed by atoms with Gasteiger partial charge in [-0.05, 0) is 36.0 Å². The average Bonchev–Trinajstić information content (AvgIpc) is 2.58. The second kappa shape index (κ2) is 3.73. The molecule has 2 fully saturated rings. The summed E-state index contributed by atoms with van der Waals surface area (Å²) in [4.78, 5) is 11.3. The van der Waals surface area contributed by atoms with Gasteiger partial charge in [-0.1, -0.05) is 20.8 Å². The minimum absolute atomic E-state index is 0.0872. The van der Waals surface area contributed by atoms with Crippen molar-refractivity contribution < 1.29 is 4.79 Å². The van der Waals surface area contributed by atoms with Crippen LogP contribution in [-0.4, -0.2) is 25.5 Å². The van der Waals surface area contributed by atoms with E-state index in [1.807, 2.05) is 0 Å². The standard InChI is InChI=1S/C13H24N2O/c1-12(2)9-5-6-13(12,3)10(7-9)15-8-11(16)14-4/h9-10,15H,5-8H2,1-4H3,(H,14,16). The van der Waals surface area contributed by atoms with Crippen molar-refractivity contribution in [1.82, 2.24) is 10.6 Å². The van der Waals surface area contributed by atoms with Crippen LogP contribution >= 0.6 is 0 Å². The van der Waals surface area contributed by atoms with Crippen LogP contribution in [0, 0.1) is 16.7 Å². The quantitative estimate of drug-likeness (QED) is 0.763. The molecule has 2 rings (SSSR count). The van der Waals surface area contributed by atoms with Gasteiger partial charge in [-0.3, -0.25) is 4.79 Å². The SMILES string of the molecule is CNC(=O)CNC1CC2CCC1(C)C2(C)C. The molecule has 2 aliphatic rings. The van der Waals surface area contributed by atoms with Gasteiger partial charge in [0.2, 0.25) is 5.91 Å². The number of hydrogen-bond acceptors (Lipinski definition) is 2. The lowest BCUT2D eigenvalue weighted by atomic mass is 9.69. The molecule has 0 saturated heterocycles. The topological polar surface area (TPSA) is 41.1 Å². The zero-order valence-electron chi connectivity index (χ0n) is 10.9. The third-order valence-corrected chi connectivity index (χ3v) is 5.58. The maximum Gasteiger partial charge on any atom is 0.233 e. The molecule has 2 bridgehead atoms. The smallest absolute Gasteiger partial charge is 0.233 e. The maximum absolute atomic E-state index is 11.3. The third-order valence-electron chi connectivity index (χ3n) is 5.58. The average molecular weight is 224 g/mol. The molecular formula is C13H24N2O. The van der Waals surface area contributed by atoms with Gasteiger partial charge in [0.1, 0.15) is 0 Å². The van der Waals surface area contributed by atoms with Gasteiger partial charge >= 0.3 is 0 Å². The summed E-state index contributed by atoms with van der Waals surface area (Å²) in [6.07, 6.45) is 3.90. The van der Waals surface area contributed by atoms with Gasteiger partial charge in [-0.2, -0.15) is 0 Å². The van der Waals surface area contributed by atoms with E-state index < -0.39 is 0 Å². The van der Waals surface area contributed by atoms with Gasteiger partial charge in [0.05, 0.1) is 6.54 Å². The predicted octanol–water partition coefficient (Wildman–Crippen LogP) is 1.54. The molecule has 3 nitrogen and oxygen atoms in total. The van der Waals surface area contributed by atoms with Gasteiger partial charge < -0.3 is 10.6 Å². The first-order valence-electron chi connectivity index (χ1n) is 6.36. The van der Waals surface area contributed by atoms with E-state index in [0.717, 1.165) is 5.92 Å². The molecule has 2 saturated carbocycles. The monoisotopic (exact) mass is 224 g/mol. The minimum Gasteiger partial charge on any atom is -0.358 e. The predicted molar refractivity (Wildman–Crippen MR) is 65.1 cm³/mol. The third kappa shape index (κ3) is 1.48. The highest BCUT2D eigenvalue weighted by Crippen LogP contribution is 2.65. The van der Waals surface area contributed by atoms with Crippen molar-refractivity contribution >= 4 is 5.91 Å². The van der Waals surface area contributed by atoms with Crippen LogP contribution in [0.25, 0.3) is 0 Å². The molecule has 0 spiro atoms. The summed E-state index contributed by atoms with van der Waals surface area (Å²) in [5, 5.41) is 6.11. The molecule has 0 aromatic rings. The second-order valence-electron chi connectivity index (χ2n) is 6.22. The highest BCUT2D eigenvalue weighted by atomic mass is 16.1. The first-order valence-corrected chi connectivity index (χ1v) is 6.36. The fraction of sp³-hybridized carbons (Fsp3) is 0.923. The number of carbonyl (C=O) groups is 1. The molecule has 0 aromatic heterocycles. The number of rotatable bonds is 3. The molecule has 3 atom stereocenters. The summed E-state index contributed by atoms with van der Waals surface area (Å²) in [6.45, 7) is 7.64. The van der Waals surface area contributed by atoms with E-state index in [9.17, 15) is 4.79 Å². The van der Waals surface area contributed by atoms with Crippen molar-refractivity contribution in [3.8, 4) is 0 Å². The van der Waals surface area contributed by atoms with E-state index >= 15 is 0 Å². The Morgan fingerprint density at radius 2 is 2.06 bits per heavy atom. The lowest BCUT2D eigenvalue weighted by molar-refractivity contribution is -0.120. The summed E-state index contributed by atoms with van der Waals surface area (Å²) >= 11 is 0. The van der Waals surface area contributed by atoms with Crippen LogP contribution in [0.15, 0.2) is 0 Å². The Morgan fingerprint density at radius 1 is 1.38 bits per heavy atom. The zero-order valence-corrected chi connectivity index (χ0v) is 10.9. The van der Waals surface area contributed by atoms with Gasteiger partial charge in [0.15, 0.2) is 0 Å². The lowest BCUT2D eigenvalue weighted by Gasteiger charge is -2.39. The Kier molecular flexibility index (Phi) is 2.77. The van der Waals surface area contributed by atoms with Gasteiger partial charge in [-0.25, -0.2) is 0 Å². The van der Waals surface area contributed by atoms with Crippen molar-refractivity contribution in [2.45, 2.75) is 46.1 Å². The van der Waals surface area contributed by atoms with E-state index in [1.54, 1.807) is 7.05 Å². The molecular weight excluding hydrogens is 200 g/mol. The molecule has 2 N–H and O–H groups in total. The van der Waals surface area contributed by atoms with Crippen LogP contribution in [-0.2, 0) is 4.79 Å². The normalized spacial score (nSPS) is 40.0. The summed E-state index contributed by atoms with van der Waals surface area (Å²) < 4.78 is 0. The minimum atomic E-state index is 0.0872. The second-order valence-corrected chi connectivity index (χ2v) is 6.22. The molecule has 3 unspecified atom stereocenters. The maximum atomic E-state index is 11.3. The molecule has 2 aliphatic carbocycles. The van der Waals surface area contributed by atoms with E-state index in [4.69, 9.17) is 0 Å². The molecule has 3 heteroatoms. The molecule has 92 valence electrons. The van der Waals surface area contributed by atoms with Crippen LogP contribution < -0.4 is 10.6 Å². The summed E-state index contributed by atoms with van der Waals surface area (Å²) in [7, 11) is 1.69. The van der Waals surface area contributed by atoms with E-state index in [0.29, 0.717) is 23.4 Å². The van der Waals surface area contributed by atoms with E-state index in [-0.39, 0.29) is 5.91 Å². The van der Waals surface area contributed by atoms with Crippen LogP contribution in [0.4, 0.5) is 0 Å². The number of nitrogens with one attached hydrogen (secondary N) is 2. The lowest BCUT2D eigenvalue weighted by Crippen LogP contribution is -2.47. The zero-order chi connectivity index (χ0) is 12.0. The van der Waals surface area contributed by atoms with Crippen molar-refractivity contribution in [2.75, 3.05) is 13.6 Å². The molecule has 16 heavy (non-hydrogen) atoms. The highest BCUT2D eigenvalue weighted by Gasteiger charge is 2.60. The number of carbonyl (C=O) groups excluding carboxylic acids is 1. The first kappa shape index (κ1) is 11.9. The Labute approximate surface area is 98.4 Å². The van der Waals surface area contributed by atoms with Crippen molar-refractivity contribution in [3.63, 3.8) is 0 Å². The van der Waals surface area contributed by atoms with E-state index in [2.05, 4.69) is 31.4 Å². The van der Waals surface area contributed by atoms with Crippen molar-refractivity contribution in [1.29, 1.82) is 0 Å². The highest BCUT2D eigenvalue weighted by molar-refractivity contribution is 5.77. The van der Waals surface area contributed by atoms with Crippen molar-refractivity contribution in [3.05, 3.63) is 0 Å². The Morgan fingerprint density at radius 3 is 2.50 bits per heavy atom. The summed E-state index contributed by atoms with van der Waals surface area (Å²) in [5.41, 5.74) is 0.791. The molecule has 0 heterocycles. The Balaban J connectivity index is 2.02. The number of amides is 1. The molecule has 0 radical (unpaired) electrons. The summed E-state index contributed by atoms with van der Waals surface area (Å²) in [6, 6.07) is 0.513. The summed E-state index contributed by atoms with van der Waals surface area (Å²) in [5.74, 6) is 0.920. The number of fused-ring (bicyclic) bond motifs is 2. The van der Waals surface area contributed by atoms with Crippen molar-refractivity contribution in [2.24, 2.45) is 16.7 Å². The van der Waals surface area contributed by atoms with Gasteiger partial charge in [-0.15, -0.1) is 0 Å². The fourth-order valence-electron chi connectivity index (χ4n) is 3.82. The van der Waals surface area contributed by atoms with Crippen LogP contribution in [0.5, 0.6) is 0 Å². The Bertz CT molecular complexity index is 300. The van der Waals surface area contributed by atoms with E-state index in [1.165, 1.54) is 19.3 Å². The number of likely N-dealkylation sites (N-methyl/N-ethyl adjacent to an activating group) is 1. The molecule has 0 aromatic carbocycles. The molecule has 0 aliphatic heterocycles. The Hall–Kier alpha value is -0.570. The van der Waals surface area contributed by atoms with Gasteiger partial charge in [0.25, 0.3) is 0 Å². The van der Waals surface area contributed by atoms with Crippen LogP contribution in [0.3, 0.4) is 0 Å². The molecule has 1 amide bonds. The first-order chi connectivity index (χ1) is 7.41. The van der Waals surface area contributed by atoms with Crippen LogP contribution in [0.1, 0.15) is 40.0 Å². The van der Waals surface area contributed by atoms with Crippen LogP contribution in [0.2, 0.25) is 0 Å². The van der Waals surface area contributed by atoms with Gasteiger partial charge in [0, 0.05) is 13.1 Å². The largest absolute Gasteiger partial charge is 0.358 e. The number of hydrogen-bond donors (Lipinski definition) is 2.